The van der Waals surface area contributed by atoms with Crippen LogP contribution in [0.5, 0.6) is 5.75 Å². The number of ether oxygens (including phenoxy) is 1. The highest BCUT2D eigenvalue weighted by Crippen LogP contribution is 2.27. The van der Waals surface area contributed by atoms with Crippen molar-refractivity contribution in [3.05, 3.63) is 52.8 Å². The molecular formula is C12H11Cl2NO. The Bertz CT molecular complexity index is 454. The zero-order valence-electron chi connectivity index (χ0n) is 8.57. The van der Waals surface area contributed by atoms with Crippen molar-refractivity contribution in [2.45, 2.75) is 6.54 Å². The summed E-state index contributed by atoms with van der Waals surface area (Å²) in [6.07, 6.45) is 3.99. The van der Waals surface area contributed by atoms with E-state index in [1.54, 1.807) is 18.2 Å². The van der Waals surface area contributed by atoms with Crippen LogP contribution in [0.25, 0.3) is 0 Å². The monoisotopic (exact) mass is 255 g/mol. The summed E-state index contributed by atoms with van der Waals surface area (Å²) in [6, 6.07) is 9.18. The van der Waals surface area contributed by atoms with Gasteiger partial charge in [-0.1, -0.05) is 23.2 Å². The molecule has 0 radical (unpaired) electrons. The van der Waals surface area contributed by atoms with Gasteiger partial charge in [-0.15, -0.1) is 0 Å². The SMILES string of the molecule is Clc1ccc(OCCn2cccc2)c(Cl)c1. The van der Waals surface area contributed by atoms with Gasteiger partial charge in [-0.25, -0.2) is 0 Å². The van der Waals surface area contributed by atoms with E-state index in [0.717, 1.165) is 6.54 Å². The molecule has 0 atom stereocenters. The molecule has 0 aliphatic carbocycles. The van der Waals surface area contributed by atoms with Gasteiger partial charge in [0.25, 0.3) is 0 Å². The quantitative estimate of drug-likeness (QED) is 0.809. The summed E-state index contributed by atoms with van der Waals surface area (Å²) in [5, 5.41) is 1.16. The van der Waals surface area contributed by atoms with E-state index in [1.165, 1.54) is 0 Å². The summed E-state index contributed by atoms with van der Waals surface area (Å²) < 4.78 is 7.60. The van der Waals surface area contributed by atoms with E-state index in [9.17, 15) is 0 Å². The Balaban J connectivity index is 1.90. The molecule has 0 fully saturated rings. The molecule has 0 unspecified atom stereocenters. The van der Waals surface area contributed by atoms with Crippen molar-refractivity contribution in [3.8, 4) is 5.75 Å². The minimum Gasteiger partial charge on any atom is -0.490 e. The molecular weight excluding hydrogens is 245 g/mol. The van der Waals surface area contributed by atoms with Crippen molar-refractivity contribution in [2.75, 3.05) is 6.61 Å². The molecule has 16 heavy (non-hydrogen) atoms. The van der Waals surface area contributed by atoms with E-state index < -0.39 is 0 Å². The third-order valence-electron chi connectivity index (χ3n) is 2.17. The molecule has 0 aliphatic heterocycles. The lowest BCUT2D eigenvalue weighted by Crippen LogP contribution is -2.06. The van der Waals surface area contributed by atoms with Gasteiger partial charge >= 0.3 is 0 Å². The van der Waals surface area contributed by atoms with Gasteiger partial charge in [-0.3, -0.25) is 0 Å². The molecule has 4 heteroatoms. The summed E-state index contributed by atoms with van der Waals surface area (Å²) in [7, 11) is 0. The molecule has 0 saturated carbocycles. The van der Waals surface area contributed by atoms with E-state index in [4.69, 9.17) is 27.9 Å². The Morgan fingerprint density at radius 2 is 1.88 bits per heavy atom. The lowest BCUT2D eigenvalue weighted by atomic mass is 10.3. The highest BCUT2D eigenvalue weighted by Gasteiger charge is 2.01. The zero-order valence-corrected chi connectivity index (χ0v) is 10.1. The highest BCUT2D eigenvalue weighted by atomic mass is 35.5. The predicted octanol–water partition coefficient (Wildman–Crippen LogP) is 3.87. The molecule has 0 saturated heterocycles. The Labute approximate surface area is 104 Å². The number of hydrogen-bond acceptors (Lipinski definition) is 1. The van der Waals surface area contributed by atoms with Gasteiger partial charge in [-0.05, 0) is 30.3 Å². The molecule has 0 amide bonds. The van der Waals surface area contributed by atoms with Crippen molar-refractivity contribution in [2.24, 2.45) is 0 Å². The largest absolute Gasteiger partial charge is 0.490 e. The van der Waals surface area contributed by atoms with Crippen LogP contribution in [0.3, 0.4) is 0 Å². The minimum atomic E-state index is 0.542. The average Bonchev–Trinajstić information content (AvgIpc) is 2.74. The highest BCUT2D eigenvalue weighted by molar-refractivity contribution is 6.35. The standard InChI is InChI=1S/C12H11Cl2NO/c13-10-3-4-12(11(14)9-10)16-8-7-15-5-1-2-6-15/h1-6,9H,7-8H2. The first-order valence-electron chi connectivity index (χ1n) is 4.94. The first-order chi connectivity index (χ1) is 7.75. The number of rotatable bonds is 4. The van der Waals surface area contributed by atoms with Crippen LogP contribution >= 0.6 is 23.2 Å². The van der Waals surface area contributed by atoms with Gasteiger partial charge < -0.3 is 9.30 Å². The second-order valence-corrected chi connectivity index (χ2v) is 4.19. The Kier molecular flexibility index (Phi) is 3.75. The average molecular weight is 256 g/mol. The van der Waals surface area contributed by atoms with Gasteiger partial charge in [0.05, 0.1) is 11.6 Å². The minimum absolute atomic E-state index is 0.542. The van der Waals surface area contributed by atoms with E-state index in [-0.39, 0.29) is 0 Å². The van der Waals surface area contributed by atoms with Gasteiger partial charge in [0.2, 0.25) is 0 Å². The van der Waals surface area contributed by atoms with Crippen LogP contribution < -0.4 is 4.74 Å². The zero-order chi connectivity index (χ0) is 11.4. The van der Waals surface area contributed by atoms with Crippen LogP contribution in [0.2, 0.25) is 10.0 Å². The van der Waals surface area contributed by atoms with Gasteiger partial charge in [0, 0.05) is 17.4 Å². The van der Waals surface area contributed by atoms with Crippen molar-refractivity contribution in [3.63, 3.8) is 0 Å². The first kappa shape index (κ1) is 11.4. The third-order valence-corrected chi connectivity index (χ3v) is 2.70. The summed E-state index contributed by atoms with van der Waals surface area (Å²) >= 11 is 11.8. The molecule has 1 aromatic carbocycles. The second kappa shape index (κ2) is 5.28. The van der Waals surface area contributed by atoms with Crippen LogP contribution in [0.4, 0.5) is 0 Å². The van der Waals surface area contributed by atoms with Crippen molar-refractivity contribution >= 4 is 23.2 Å². The fourth-order valence-electron chi connectivity index (χ4n) is 1.37. The maximum Gasteiger partial charge on any atom is 0.138 e. The van der Waals surface area contributed by atoms with Crippen LogP contribution in [-0.2, 0) is 6.54 Å². The second-order valence-electron chi connectivity index (χ2n) is 3.34. The van der Waals surface area contributed by atoms with E-state index in [0.29, 0.717) is 22.4 Å². The van der Waals surface area contributed by atoms with Crippen LogP contribution in [-0.4, -0.2) is 11.2 Å². The number of halogens is 2. The number of benzene rings is 1. The van der Waals surface area contributed by atoms with Crippen LogP contribution in [0.1, 0.15) is 0 Å². The number of aromatic nitrogens is 1. The van der Waals surface area contributed by atoms with E-state index in [1.807, 2.05) is 29.1 Å². The lowest BCUT2D eigenvalue weighted by molar-refractivity contribution is 0.299. The molecule has 2 rings (SSSR count). The Morgan fingerprint density at radius 1 is 1.12 bits per heavy atom. The Hall–Kier alpha value is -1.12. The van der Waals surface area contributed by atoms with Crippen molar-refractivity contribution < 1.29 is 4.74 Å². The summed E-state index contributed by atoms with van der Waals surface area (Å²) in [5.41, 5.74) is 0. The molecule has 1 aromatic heterocycles. The summed E-state index contributed by atoms with van der Waals surface area (Å²) in [5.74, 6) is 0.665. The molecule has 0 N–H and O–H groups in total. The molecule has 84 valence electrons. The third kappa shape index (κ3) is 2.94. The van der Waals surface area contributed by atoms with Gasteiger partial charge in [-0.2, -0.15) is 0 Å². The maximum atomic E-state index is 5.97. The normalized spacial score (nSPS) is 10.4. The van der Waals surface area contributed by atoms with Crippen molar-refractivity contribution in [1.29, 1.82) is 0 Å². The van der Waals surface area contributed by atoms with Crippen LogP contribution in [0, 0.1) is 0 Å². The fourth-order valence-corrected chi connectivity index (χ4v) is 1.84. The molecule has 1 heterocycles. The molecule has 2 nitrogen and oxygen atoms in total. The van der Waals surface area contributed by atoms with E-state index >= 15 is 0 Å². The van der Waals surface area contributed by atoms with E-state index in [2.05, 4.69) is 0 Å². The Morgan fingerprint density at radius 3 is 2.56 bits per heavy atom. The lowest BCUT2D eigenvalue weighted by Gasteiger charge is -2.08. The number of nitrogens with zero attached hydrogens (tertiary/aromatic N) is 1. The fraction of sp³-hybridized carbons (Fsp3) is 0.167. The molecule has 2 aromatic rings. The molecule has 0 aliphatic rings. The first-order valence-corrected chi connectivity index (χ1v) is 5.70. The molecule has 0 spiro atoms. The predicted molar refractivity (Wildman–Crippen MR) is 66.4 cm³/mol. The van der Waals surface area contributed by atoms with Crippen LogP contribution in [0.15, 0.2) is 42.7 Å². The smallest absolute Gasteiger partial charge is 0.138 e. The maximum absolute atomic E-state index is 5.97. The number of hydrogen-bond donors (Lipinski definition) is 0. The summed E-state index contributed by atoms with van der Waals surface area (Å²) in [6.45, 7) is 1.38. The van der Waals surface area contributed by atoms with Gasteiger partial charge in [0.1, 0.15) is 12.4 Å². The van der Waals surface area contributed by atoms with Crippen molar-refractivity contribution in [1.82, 2.24) is 4.57 Å². The van der Waals surface area contributed by atoms with Gasteiger partial charge in [0.15, 0.2) is 0 Å². The summed E-state index contributed by atoms with van der Waals surface area (Å²) in [4.78, 5) is 0. The molecule has 0 bridgehead atoms. The topological polar surface area (TPSA) is 14.2 Å².